The standard InChI is InChI=1S/C13H14N2O4.Li/c1-8-7-18-6-5-15(8)13-14-11-9(12(16)17)3-2-4-10(11)19-13;/h2-4,8H,5-7H2,1H3,(H,16,17);/q;+1/p-1/t8-;/m0./s1. The van der Waals surface area contributed by atoms with Crippen molar-refractivity contribution in [3.05, 3.63) is 23.8 Å². The molecule has 6 nitrogen and oxygen atoms in total. The predicted octanol–water partition coefficient (Wildman–Crippen LogP) is -2.58. The van der Waals surface area contributed by atoms with Gasteiger partial charge in [-0.2, -0.15) is 4.98 Å². The molecule has 1 fully saturated rings. The van der Waals surface area contributed by atoms with Crippen LogP contribution in [0.3, 0.4) is 0 Å². The summed E-state index contributed by atoms with van der Waals surface area (Å²) in [4.78, 5) is 17.3. The Kier molecular flexibility index (Phi) is 4.38. The Morgan fingerprint density at radius 1 is 1.50 bits per heavy atom. The van der Waals surface area contributed by atoms with Crippen LogP contribution >= 0.6 is 0 Å². The van der Waals surface area contributed by atoms with Crippen LogP contribution in [0.1, 0.15) is 17.3 Å². The zero-order valence-corrected chi connectivity index (χ0v) is 11.5. The van der Waals surface area contributed by atoms with Crippen LogP contribution in [0.2, 0.25) is 0 Å². The molecule has 1 aromatic carbocycles. The quantitative estimate of drug-likeness (QED) is 0.557. The second kappa shape index (κ2) is 5.88. The van der Waals surface area contributed by atoms with Gasteiger partial charge in [-0.15, -0.1) is 0 Å². The van der Waals surface area contributed by atoms with E-state index >= 15 is 0 Å². The number of hydrogen-bond acceptors (Lipinski definition) is 6. The third kappa shape index (κ3) is 2.55. The minimum atomic E-state index is -1.25. The van der Waals surface area contributed by atoms with Crippen molar-refractivity contribution in [1.29, 1.82) is 0 Å². The van der Waals surface area contributed by atoms with Gasteiger partial charge in [0.1, 0.15) is 5.52 Å². The molecule has 0 aliphatic carbocycles. The van der Waals surface area contributed by atoms with Gasteiger partial charge in [0.05, 0.1) is 25.2 Å². The molecule has 2 heterocycles. The van der Waals surface area contributed by atoms with Crippen molar-refractivity contribution >= 4 is 23.1 Å². The number of fused-ring (bicyclic) bond motifs is 1. The maximum Gasteiger partial charge on any atom is 1.00 e. The molecule has 0 saturated carbocycles. The normalized spacial score (nSPS) is 18.9. The Morgan fingerprint density at radius 2 is 2.30 bits per heavy atom. The number of ether oxygens (including phenoxy) is 1. The molecule has 100 valence electrons. The van der Waals surface area contributed by atoms with Crippen molar-refractivity contribution in [3.63, 3.8) is 0 Å². The molecule has 1 atom stereocenters. The number of carboxylic acids is 1. The van der Waals surface area contributed by atoms with Gasteiger partial charge < -0.3 is 24.0 Å². The summed E-state index contributed by atoms with van der Waals surface area (Å²) < 4.78 is 11.0. The monoisotopic (exact) mass is 268 g/mol. The SMILES string of the molecule is C[C@H]1COCCN1c1nc2c(C(=O)[O-])cccc2o1.[Li+]. The molecule has 1 aliphatic rings. The Balaban J connectivity index is 0.00000147. The number of hydrogen-bond donors (Lipinski definition) is 0. The summed E-state index contributed by atoms with van der Waals surface area (Å²) in [5.74, 6) is -1.25. The van der Waals surface area contributed by atoms with E-state index < -0.39 is 5.97 Å². The number of rotatable bonds is 2. The van der Waals surface area contributed by atoms with E-state index in [1.807, 2.05) is 11.8 Å². The van der Waals surface area contributed by atoms with E-state index in [1.165, 1.54) is 6.07 Å². The fourth-order valence-electron chi connectivity index (χ4n) is 2.24. The minimum Gasteiger partial charge on any atom is -0.545 e. The fourth-order valence-corrected chi connectivity index (χ4v) is 2.24. The van der Waals surface area contributed by atoms with E-state index in [2.05, 4.69) is 4.98 Å². The molecule has 2 aromatic rings. The molecule has 1 aliphatic heterocycles. The molecule has 0 spiro atoms. The van der Waals surface area contributed by atoms with Crippen molar-refractivity contribution in [2.75, 3.05) is 24.7 Å². The van der Waals surface area contributed by atoms with Gasteiger partial charge in [0.25, 0.3) is 6.01 Å². The van der Waals surface area contributed by atoms with Crippen molar-refractivity contribution in [3.8, 4) is 0 Å². The zero-order valence-electron chi connectivity index (χ0n) is 11.5. The van der Waals surface area contributed by atoms with Gasteiger partial charge in [-0.25, -0.2) is 0 Å². The van der Waals surface area contributed by atoms with Gasteiger partial charge in [0, 0.05) is 12.1 Å². The number of anilines is 1. The van der Waals surface area contributed by atoms with E-state index in [4.69, 9.17) is 9.15 Å². The molecule has 3 rings (SSSR count). The first-order valence-electron chi connectivity index (χ1n) is 6.12. The van der Waals surface area contributed by atoms with E-state index in [9.17, 15) is 9.90 Å². The average Bonchev–Trinajstić information content (AvgIpc) is 2.82. The number of carbonyl (C=O) groups is 1. The van der Waals surface area contributed by atoms with Crippen LogP contribution in [-0.4, -0.2) is 36.8 Å². The summed E-state index contributed by atoms with van der Waals surface area (Å²) in [7, 11) is 0. The van der Waals surface area contributed by atoms with Crippen LogP contribution in [0.15, 0.2) is 22.6 Å². The van der Waals surface area contributed by atoms with Crippen molar-refractivity contribution < 1.29 is 37.9 Å². The van der Waals surface area contributed by atoms with Gasteiger partial charge in [-0.05, 0) is 13.0 Å². The number of carbonyl (C=O) groups excluding carboxylic acids is 1. The van der Waals surface area contributed by atoms with Crippen LogP contribution < -0.4 is 28.9 Å². The van der Waals surface area contributed by atoms with Crippen LogP contribution in [0.4, 0.5) is 6.01 Å². The smallest absolute Gasteiger partial charge is 0.545 e. The first-order chi connectivity index (χ1) is 9.16. The van der Waals surface area contributed by atoms with E-state index in [0.29, 0.717) is 36.9 Å². The summed E-state index contributed by atoms with van der Waals surface area (Å²) in [6.07, 6.45) is 0. The van der Waals surface area contributed by atoms with E-state index in [1.54, 1.807) is 12.1 Å². The van der Waals surface area contributed by atoms with Crippen molar-refractivity contribution in [2.24, 2.45) is 0 Å². The number of morpholine rings is 1. The first kappa shape index (κ1) is 14.9. The summed E-state index contributed by atoms with van der Waals surface area (Å²) in [6, 6.07) is 5.36. The second-order valence-electron chi connectivity index (χ2n) is 4.55. The maximum absolute atomic E-state index is 11.0. The fraction of sp³-hybridized carbons (Fsp3) is 0.385. The Bertz CT molecular complexity index is 628. The number of aromatic nitrogens is 1. The first-order valence-corrected chi connectivity index (χ1v) is 6.12. The van der Waals surface area contributed by atoms with Crippen LogP contribution in [-0.2, 0) is 4.74 Å². The number of aromatic carboxylic acids is 1. The maximum atomic E-state index is 11.0. The van der Waals surface area contributed by atoms with Gasteiger partial charge >= 0.3 is 18.9 Å². The summed E-state index contributed by atoms with van der Waals surface area (Å²) in [5.41, 5.74) is 0.833. The molecule has 0 amide bonds. The molecule has 0 radical (unpaired) electrons. The topological polar surface area (TPSA) is 78.6 Å². The molecule has 1 saturated heterocycles. The van der Waals surface area contributed by atoms with Crippen LogP contribution in [0, 0.1) is 0 Å². The molecule has 0 N–H and O–H groups in total. The Labute approximate surface area is 127 Å². The molecule has 1 aromatic heterocycles. The third-order valence-corrected chi connectivity index (χ3v) is 3.24. The summed E-state index contributed by atoms with van der Waals surface area (Å²) in [6.45, 7) is 3.89. The average molecular weight is 268 g/mol. The molecular weight excluding hydrogens is 255 g/mol. The van der Waals surface area contributed by atoms with Crippen molar-refractivity contribution in [2.45, 2.75) is 13.0 Å². The number of carboxylic acid groups (broad SMARTS) is 1. The van der Waals surface area contributed by atoms with Gasteiger partial charge in [-0.1, -0.05) is 12.1 Å². The third-order valence-electron chi connectivity index (χ3n) is 3.24. The molecule has 7 heteroatoms. The zero-order chi connectivity index (χ0) is 13.4. The number of nitrogens with zero attached hydrogens (tertiary/aromatic N) is 2. The number of para-hydroxylation sites is 1. The molecular formula is C13H13LiN2O4. The summed E-state index contributed by atoms with van der Waals surface area (Å²) >= 11 is 0. The van der Waals surface area contributed by atoms with Gasteiger partial charge in [0.15, 0.2) is 5.58 Å². The largest absolute Gasteiger partial charge is 1.00 e. The molecule has 0 unspecified atom stereocenters. The van der Waals surface area contributed by atoms with E-state index in [0.717, 1.165) is 0 Å². The second-order valence-corrected chi connectivity index (χ2v) is 4.55. The van der Waals surface area contributed by atoms with Crippen LogP contribution in [0.5, 0.6) is 0 Å². The molecule has 0 bridgehead atoms. The van der Waals surface area contributed by atoms with E-state index in [-0.39, 0.29) is 30.5 Å². The van der Waals surface area contributed by atoms with Crippen molar-refractivity contribution in [1.82, 2.24) is 4.98 Å². The Morgan fingerprint density at radius 3 is 3.00 bits per heavy atom. The minimum absolute atomic E-state index is 0. The number of oxazole rings is 1. The number of benzene rings is 1. The molecule has 20 heavy (non-hydrogen) atoms. The van der Waals surface area contributed by atoms with Gasteiger partial charge in [-0.3, -0.25) is 0 Å². The Hall–Kier alpha value is -1.48. The van der Waals surface area contributed by atoms with Gasteiger partial charge in [0.2, 0.25) is 0 Å². The predicted molar refractivity (Wildman–Crippen MR) is 66.0 cm³/mol. The summed E-state index contributed by atoms with van der Waals surface area (Å²) in [5, 5.41) is 11.0. The van der Waals surface area contributed by atoms with Crippen LogP contribution in [0.25, 0.3) is 11.1 Å².